The number of nitrogens with zero attached hydrogens (tertiary/aromatic N) is 3. The van der Waals surface area contributed by atoms with Gasteiger partial charge in [-0.3, -0.25) is 0 Å². The first-order valence-electron chi connectivity index (χ1n) is 9.44. The van der Waals surface area contributed by atoms with E-state index in [1.165, 1.54) is 31.3 Å². The molecule has 0 radical (unpaired) electrons. The summed E-state index contributed by atoms with van der Waals surface area (Å²) in [6.07, 6.45) is -3.89. The minimum atomic E-state index is -4.95. The minimum absolute atomic E-state index is 0.0432. The highest BCUT2D eigenvalue weighted by atomic mass is 32.1. The Morgan fingerprint density at radius 1 is 1.30 bits per heavy atom. The molecule has 2 atom stereocenters. The van der Waals surface area contributed by atoms with Gasteiger partial charge in [-0.05, 0) is 26.3 Å². The lowest BCUT2D eigenvalue weighted by atomic mass is 9.92. The number of halogens is 3. The van der Waals surface area contributed by atoms with Crippen LogP contribution in [-0.4, -0.2) is 46.6 Å². The Bertz CT molecular complexity index is 1080. The third-order valence-electron chi connectivity index (χ3n) is 5.39. The Labute approximate surface area is 173 Å². The number of piperazine rings is 1. The van der Waals surface area contributed by atoms with Crippen molar-refractivity contribution < 1.29 is 27.4 Å². The predicted octanol–water partition coefficient (Wildman–Crippen LogP) is 3.63. The van der Waals surface area contributed by atoms with E-state index in [2.05, 4.69) is 20.0 Å². The number of oxazole rings is 1. The number of hydrogen-bond acceptors (Lipinski definition) is 8. The molecule has 30 heavy (non-hydrogen) atoms. The van der Waals surface area contributed by atoms with Gasteiger partial charge in [0.05, 0.1) is 16.8 Å². The van der Waals surface area contributed by atoms with Crippen molar-refractivity contribution in [1.82, 2.24) is 15.3 Å². The Balaban J connectivity index is 1.73. The molecule has 7 nitrogen and oxygen atoms in total. The fraction of sp³-hybridized carbons (Fsp3) is 0.474. The number of anilines is 1. The average molecular weight is 440 g/mol. The van der Waals surface area contributed by atoms with Gasteiger partial charge in [0.2, 0.25) is 0 Å². The van der Waals surface area contributed by atoms with E-state index in [0.717, 1.165) is 6.42 Å². The molecule has 3 saturated heterocycles. The Hall–Kier alpha value is -2.37. The van der Waals surface area contributed by atoms with Gasteiger partial charge in [-0.1, -0.05) is 0 Å². The zero-order chi connectivity index (χ0) is 21.3. The van der Waals surface area contributed by atoms with Gasteiger partial charge in [-0.2, -0.15) is 4.98 Å². The van der Waals surface area contributed by atoms with Crippen molar-refractivity contribution >= 4 is 28.5 Å². The smallest absolute Gasteiger partial charge is 0.423 e. The summed E-state index contributed by atoms with van der Waals surface area (Å²) >= 11 is 1.35. The maximum absolute atomic E-state index is 13.2. The molecule has 0 aliphatic carbocycles. The molecule has 3 aliphatic rings. The SMILES string of the molecule is CC(C)(O)c1cc(-c2cscn2)c2oc(N3CC4CC(C3)N4)nc2c1OC(F)(F)F. The molecular formula is C19H19F3N4O3S. The molecule has 6 rings (SSSR count). The number of aliphatic hydroxyl groups is 1. The minimum Gasteiger partial charge on any atom is -0.423 e. The number of piperidine rings is 1. The summed E-state index contributed by atoms with van der Waals surface area (Å²) < 4.78 is 50.0. The maximum atomic E-state index is 13.2. The lowest BCUT2D eigenvalue weighted by Gasteiger charge is -2.47. The van der Waals surface area contributed by atoms with Gasteiger partial charge in [0.1, 0.15) is 0 Å². The van der Waals surface area contributed by atoms with Crippen molar-refractivity contribution in [3.63, 3.8) is 0 Å². The number of hydrogen-bond donors (Lipinski definition) is 2. The summed E-state index contributed by atoms with van der Waals surface area (Å²) in [6.45, 7) is 4.10. The van der Waals surface area contributed by atoms with Crippen molar-refractivity contribution in [2.24, 2.45) is 0 Å². The largest absolute Gasteiger partial charge is 0.573 e. The molecule has 5 heterocycles. The molecule has 3 aliphatic heterocycles. The lowest BCUT2D eigenvalue weighted by Crippen LogP contribution is -2.67. The second kappa shape index (κ2) is 6.56. The van der Waals surface area contributed by atoms with E-state index in [4.69, 9.17) is 4.42 Å². The second-order valence-corrected chi connectivity index (χ2v) is 8.88. The fourth-order valence-electron chi connectivity index (χ4n) is 4.06. The van der Waals surface area contributed by atoms with Gasteiger partial charge < -0.3 is 24.5 Å². The Morgan fingerprint density at radius 3 is 2.57 bits per heavy atom. The molecule has 0 amide bonds. The third kappa shape index (κ3) is 3.40. The number of rotatable bonds is 4. The number of thiazole rings is 1. The molecule has 3 aromatic rings. The number of fused-ring (bicyclic) bond motifs is 3. The number of nitrogens with one attached hydrogen (secondary N) is 1. The summed E-state index contributed by atoms with van der Waals surface area (Å²) in [5, 5.41) is 15.8. The first-order valence-corrected chi connectivity index (χ1v) is 10.4. The number of alkyl halides is 3. The molecular weight excluding hydrogens is 421 g/mol. The number of aromatic nitrogens is 2. The van der Waals surface area contributed by atoms with E-state index in [1.54, 1.807) is 10.9 Å². The summed E-state index contributed by atoms with van der Waals surface area (Å²) in [7, 11) is 0. The maximum Gasteiger partial charge on any atom is 0.573 e. The van der Waals surface area contributed by atoms with Gasteiger partial charge in [0, 0.05) is 41.7 Å². The molecule has 160 valence electrons. The van der Waals surface area contributed by atoms with Crippen LogP contribution in [0.3, 0.4) is 0 Å². The van der Waals surface area contributed by atoms with E-state index in [0.29, 0.717) is 36.4 Å². The van der Waals surface area contributed by atoms with Gasteiger partial charge >= 0.3 is 6.36 Å². The van der Waals surface area contributed by atoms with Crippen LogP contribution in [0.15, 0.2) is 21.4 Å². The summed E-state index contributed by atoms with van der Waals surface area (Å²) in [4.78, 5) is 10.6. The van der Waals surface area contributed by atoms with E-state index in [1.807, 2.05) is 4.90 Å². The average Bonchev–Trinajstić information content (AvgIpc) is 3.29. The van der Waals surface area contributed by atoms with Crippen LogP contribution in [0.5, 0.6) is 5.75 Å². The van der Waals surface area contributed by atoms with Crippen molar-refractivity contribution in [3.8, 4) is 17.0 Å². The predicted molar refractivity (Wildman–Crippen MR) is 105 cm³/mol. The fourth-order valence-corrected chi connectivity index (χ4v) is 4.61. The van der Waals surface area contributed by atoms with Crippen LogP contribution < -0.4 is 15.0 Å². The van der Waals surface area contributed by atoms with Gasteiger partial charge in [0.25, 0.3) is 6.01 Å². The Morgan fingerprint density at radius 2 is 2.00 bits per heavy atom. The van der Waals surface area contributed by atoms with E-state index in [-0.39, 0.29) is 22.7 Å². The van der Waals surface area contributed by atoms with E-state index in [9.17, 15) is 18.3 Å². The van der Waals surface area contributed by atoms with Crippen molar-refractivity contribution in [2.45, 2.75) is 44.3 Å². The van der Waals surface area contributed by atoms with E-state index >= 15 is 0 Å². The highest BCUT2D eigenvalue weighted by Gasteiger charge is 2.40. The van der Waals surface area contributed by atoms with E-state index < -0.39 is 17.7 Å². The quantitative estimate of drug-likeness (QED) is 0.641. The van der Waals surface area contributed by atoms with Crippen molar-refractivity contribution in [1.29, 1.82) is 0 Å². The summed E-state index contributed by atoms with van der Waals surface area (Å²) in [5.74, 6) is -0.556. The molecule has 2 unspecified atom stereocenters. The monoisotopic (exact) mass is 440 g/mol. The molecule has 1 aromatic carbocycles. The van der Waals surface area contributed by atoms with Crippen LogP contribution in [0, 0.1) is 0 Å². The van der Waals surface area contributed by atoms with Crippen molar-refractivity contribution in [2.75, 3.05) is 18.0 Å². The molecule has 2 N–H and O–H groups in total. The topological polar surface area (TPSA) is 83.7 Å². The Kier molecular flexibility index (Phi) is 4.28. The molecule has 2 aromatic heterocycles. The molecule has 3 fully saturated rings. The van der Waals surface area contributed by atoms with Crippen LogP contribution in [0.25, 0.3) is 22.4 Å². The number of benzene rings is 1. The highest BCUT2D eigenvalue weighted by Crippen LogP contribution is 2.45. The second-order valence-electron chi connectivity index (χ2n) is 8.16. The van der Waals surface area contributed by atoms with Gasteiger partial charge in [0.15, 0.2) is 16.8 Å². The van der Waals surface area contributed by atoms with Crippen LogP contribution >= 0.6 is 11.3 Å². The molecule has 0 saturated carbocycles. The highest BCUT2D eigenvalue weighted by molar-refractivity contribution is 7.07. The number of ether oxygens (including phenoxy) is 1. The molecule has 0 spiro atoms. The molecule has 2 bridgehead atoms. The normalized spacial score (nSPS) is 21.7. The van der Waals surface area contributed by atoms with Crippen LogP contribution in [0.1, 0.15) is 25.8 Å². The summed E-state index contributed by atoms with van der Waals surface area (Å²) in [5.41, 5.74) is 1.00. The van der Waals surface area contributed by atoms with Crippen LogP contribution in [0.2, 0.25) is 0 Å². The first kappa shape index (κ1) is 19.6. The van der Waals surface area contributed by atoms with Crippen LogP contribution in [0.4, 0.5) is 19.2 Å². The lowest BCUT2D eigenvalue weighted by molar-refractivity contribution is -0.274. The van der Waals surface area contributed by atoms with Crippen LogP contribution in [-0.2, 0) is 5.60 Å². The molecule has 11 heteroatoms. The van der Waals surface area contributed by atoms with Gasteiger partial charge in [-0.15, -0.1) is 24.5 Å². The zero-order valence-corrected chi connectivity index (χ0v) is 17.0. The zero-order valence-electron chi connectivity index (χ0n) is 16.2. The first-order chi connectivity index (χ1) is 14.1. The summed E-state index contributed by atoms with van der Waals surface area (Å²) in [6, 6.07) is 2.30. The standard InChI is InChI=1S/C19H19F3N4O3S/c1-18(2,27)12-4-11(13-7-30-8-23-13)15-14(16(12)29-19(20,21)22)25-17(28-15)26-5-9-3-10(6-26)24-9/h4,7-10,24,27H,3,5-6H2,1-2H3. The third-order valence-corrected chi connectivity index (χ3v) is 5.97. The van der Waals surface area contributed by atoms with Gasteiger partial charge in [-0.25, -0.2) is 4.98 Å². The van der Waals surface area contributed by atoms with Crippen molar-refractivity contribution in [3.05, 3.63) is 22.5 Å².